The van der Waals surface area contributed by atoms with E-state index in [-0.39, 0.29) is 27.8 Å². The number of benzene rings is 1. The predicted molar refractivity (Wildman–Crippen MR) is 64.8 cm³/mol. The number of carbonyl (C=O) groups is 2. The van der Waals surface area contributed by atoms with Crippen molar-refractivity contribution in [2.24, 2.45) is 0 Å². The van der Waals surface area contributed by atoms with Crippen LogP contribution in [0.2, 0.25) is 0 Å². The number of carboxylic acid groups (broad SMARTS) is 1. The molecule has 1 rings (SSSR count). The Morgan fingerprint density at radius 2 is 2.17 bits per heavy atom. The zero-order valence-corrected chi connectivity index (χ0v) is 10.2. The molecule has 0 aliphatic rings. The van der Waals surface area contributed by atoms with E-state index in [2.05, 4.69) is 5.32 Å². The molecule has 8 heteroatoms. The average molecular weight is 270 g/mol. The van der Waals surface area contributed by atoms with Crippen molar-refractivity contribution in [3.8, 4) is 0 Å². The number of amides is 1. The Bertz CT molecular complexity index is 503. The molecule has 0 saturated heterocycles. The maximum Gasteiger partial charge on any atom is 0.313 e. The van der Waals surface area contributed by atoms with Crippen molar-refractivity contribution >= 4 is 29.3 Å². The predicted octanol–water partition coefficient (Wildman–Crippen LogP) is 1.13. The molecule has 0 spiro atoms. The maximum atomic E-state index is 11.4. The minimum Gasteiger partial charge on any atom is -0.481 e. The van der Waals surface area contributed by atoms with Gasteiger partial charge in [-0.3, -0.25) is 19.7 Å². The van der Waals surface area contributed by atoms with Crippen LogP contribution in [0.15, 0.2) is 23.1 Å². The minimum absolute atomic E-state index is 0.156. The summed E-state index contributed by atoms with van der Waals surface area (Å²) in [4.78, 5) is 32.1. The van der Waals surface area contributed by atoms with Gasteiger partial charge in [0, 0.05) is 18.7 Å². The minimum atomic E-state index is -1.08. The summed E-state index contributed by atoms with van der Waals surface area (Å²) >= 11 is 0.804. The van der Waals surface area contributed by atoms with Crippen LogP contribution in [0.3, 0.4) is 0 Å². The first kappa shape index (κ1) is 14.0. The molecule has 1 aromatic rings. The Labute approximate surface area is 106 Å². The van der Waals surface area contributed by atoms with Gasteiger partial charge in [0.25, 0.3) is 11.6 Å². The Kier molecular flexibility index (Phi) is 4.67. The smallest absolute Gasteiger partial charge is 0.313 e. The van der Waals surface area contributed by atoms with E-state index in [0.717, 1.165) is 11.8 Å². The fourth-order valence-corrected chi connectivity index (χ4v) is 1.99. The summed E-state index contributed by atoms with van der Waals surface area (Å²) in [6.45, 7) is 0. The van der Waals surface area contributed by atoms with Crippen molar-refractivity contribution < 1.29 is 19.6 Å². The number of hydrogen-bond acceptors (Lipinski definition) is 5. The summed E-state index contributed by atoms with van der Waals surface area (Å²) in [6.07, 6.45) is 0. The van der Waals surface area contributed by atoms with Gasteiger partial charge >= 0.3 is 5.97 Å². The molecule has 0 fully saturated rings. The Balaban J connectivity index is 3.11. The molecular formula is C10H10N2O5S. The van der Waals surface area contributed by atoms with Crippen LogP contribution in [-0.2, 0) is 4.79 Å². The first-order chi connectivity index (χ1) is 8.45. The molecule has 0 aromatic heterocycles. The molecule has 0 heterocycles. The van der Waals surface area contributed by atoms with E-state index in [0.29, 0.717) is 0 Å². The number of carboxylic acids is 1. The van der Waals surface area contributed by atoms with Crippen molar-refractivity contribution in [1.82, 2.24) is 5.32 Å². The van der Waals surface area contributed by atoms with Crippen molar-refractivity contribution in [3.63, 3.8) is 0 Å². The highest BCUT2D eigenvalue weighted by Gasteiger charge is 2.17. The first-order valence-corrected chi connectivity index (χ1v) is 5.79. The zero-order valence-electron chi connectivity index (χ0n) is 9.37. The molecule has 0 radical (unpaired) electrons. The first-order valence-electron chi connectivity index (χ1n) is 4.80. The van der Waals surface area contributed by atoms with Gasteiger partial charge in [-0.05, 0) is 12.1 Å². The number of nitrogens with one attached hydrogen (secondary N) is 1. The van der Waals surface area contributed by atoms with Gasteiger partial charge in [-0.25, -0.2) is 0 Å². The average Bonchev–Trinajstić information content (AvgIpc) is 2.34. The molecule has 2 N–H and O–H groups in total. The van der Waals surface area contributed by atoms with Crippen LogP contribution in [0.5, 0.6) is 0 Å². The molecule has 0 unspecified atom stereocenters. The number of thioether (sulfide) groups is 1. The van der Waals surface area contributed by atoms with E-state index in [9.17, 15) is 19.7 Å². The van der Waals surface area contributed by atoms with E-state index in [1.165, 1.54) is 25.2 Å². The second-order valence-corrected chi connectivity index (χ2v) is 4.22. The third-order valence-electron chi connectivity index (χ3n) is 2.00. The number of aliphatic carboxylic acids is 1. The number of hydrogen-bond donors (Lipinski definition) is 2. The highest BCUT2D eigenvalue weighted by Crippen LogP contribution is 2.30. The lowest BCUT2D eigenvalue weighted by atomic mass is 10.2. The maximum absolute atomic E-state index is 11.4. The topological polar surface area (TPSA) is 110 Å². The molecule has 1 amide bonds. The number of carbonyl (C=O) groups excluding carboxylic acids is 1. The second-order valence-electron chi connectivity index (χ2n) is 3.20. The third-order valence-corrected chi connectivity index (χ3v) is 3.03. The molecule has 0 atom stereocenters. The largest absolute Gasteiger partial charge is 0.481 e. The van der Waals surface area contributed by atoms with Gasteiger partial charge < -0.3 is 10.4 Å². The van der Waals surface area contributed by atoms with Crippen LogP contribution in [0.25, 0.3) is 0 Å². The van der Waals surface area contributed by atoms with Crippen LogP contribution in [0, 0.1) is 10.1 Å². The van der Waals surface area contributed by atoms with Gasteiger partial charge in [0.1, 0.15) is 0 Å². The lowest BCUT2D eigenvalue weighted by molar-refractivity contribution is -0.387. The monoisotopic (exact) mass is 270 g/mol. The van der Waals surface area contributed by atoms with Crippen molar-refractivity contribution in [2.75, 3.05) is 12.8 Å². The summed E-state index contributed by atoms with van der Waals surface area (Å²) in [5.74, 6) is -1.78. The Morgan fingerprint density at radius 3 is 2.67 bits per heavy atom. The molecule has 0 aliphatic heterocycles. The van der Waals surface area contributed by atoms with Gasteiger partial charge in [-0.1, -0.05) is 0 Å². The number of nitro benzene ring substituents is 1. The molecular weight excluding hydrogens is 260 g/mol. The number of rotatable bonds is 5. The number of nitrogens with zero attached hydrogens (tertiary/aromatic N) is 1. The number of nitro groups is 1. The molecule has 1 aromatic carbocycles. The fraction of sp³-hybridized carbons (Fsp3) is 0.200. The molecule has 96 valence electrons. The highest BCUT2D eigenvalue weighted by molar-refractivity contribution is 8.00. The lowest BCUT2D eigenvalue weighted by Gasteiger charge is -2.04. The van der Waals surface area contributed by atoms with Crippen LogP contribution in [-0.4, -0.2) is 34.7 Å². The van der Waals surface area contributed by atoms with E-state index >= 15 is 0 Å². The standard InChI is InChI=1S/C10H10N2O5S/c1-11-10(15)6-2-3-7(12(16)17)8(4-6)18-5-9(13)14/h2-4H,5H2,1H3,(H,11,15)(H,13,14). The molecule has 0 aliphatic carbocycles. The van der Waals surface area contributed by atoms with Crippen molar-refractivity contribution in [1.29, 1.82) is 0 Å². The van der Waals surface area contributed by atoms with Gasteiger partial charge in [0.2, 0.25) is 0 Å². The van der Waals surface area contributed by atoms with Crippen LogP contribution >= 0.6 is 11.8 Å². The van der Waals surface area contributed by atoms with Crippen molar-refractivity contribution in [3.05, 3.63) is 33.9 Å². The van der Waals surface area contributed by atoms with Gasteiger partial charge in [-0.15, -0.1) is 11.8 Å². The van der Waals surface area contributed by atoms with Crippen LogP contribution < -0.4 is 5.32 Å². The summed E-state index contributed by atoms with van der Waals surface area (Å²) in [7, 11) is 1.44. The summed E-state index contributed by atoms with van der Waals surface area (Å²) in [5, 5.41) is 21.7. The van der Waals surface area contributed by atoms with E-state index in [1.54, 1.807) is 0 Å². The van der Waals surface area contributed by atoms with Gasteiger partial charge in [-0.2, -0.15) is 0 Å². The quantitative estimate of drug-likeness (QED) is 0.471. The zero-order chi connectivity index (χ0) is 13.7. The molecule has 0 saturated carbocycles. The van der Waals surface area contributed by atoms with Crippen LogP contribution in [0.1, 0.15) is 10.4 Å². The van der Waals surface area contributed by atoms with E-state index < -0.39 is 10.9 Å². The Hall–Kier alpha value is -2.09. The molecule has 18 heavy (non-hydrogen) atoms. The van der Waals surface area contributed by atoms with E-state index in [1.807, 2.05) is 0 Å². The lowest BCUT2D eigenvalue weighted by Crippen LogP contribution is -2.17. The van der Waals surface area contributed by atoms with Crippen LogP contribution in [0.4, 0.5) is 5.69 Å². The summed E-state index contributed by atoms with van der Waals surface area (Å²) in [5.41, 5.74) is 0.0323. The fourth-order valence-electron chi connectivity index (χ4n) is 1.21. The third kappa shape index (κ3) is 3.45. The summed E-state index contributed by atoms with van der Waals surface area (Å²) < 4.78 is 0. The Morgan fingerprint density at radius 1 is 1.50 bits per heavy atom. The molecule has 0 bridgehead atoms. The van der Waals surface area contributed by atoms with E-state index in [4.69, 9.17) is 5.11 Å². The SMILES string of the molecule is CNC(=O)c1ccc([N+](=O)[O-])c(SCC(=O)O)c1. The van der Waals surface area contributed by atoms with Gasteiger partial charge in [0.15, 0.2) is 0 Å². The van der Waals surface area contributed by atoms with Gasteiger partial charge in [0.05, 0.1) is 15.6 Å². The van der Waals surface area contributed by atoms with Crippen molar-refractivity contribution in [2.45, 2.75) is 4.90 Å². The highest BCUT2D eigenvalue weighted by atomic mass is 32.2. The summed E-state index contributed by atoms with van der Waals surface area (Å²) in [6, 6.07) is 3.82. The normalized spacial score (nSPS) is 9.83. The molecule has 7 nitrogen and oxygen atoms in total. The second kappa shape index (κ2) is 6.01.